The Hall–Kier alpha value is -1.41. The second kappa shape index (κ2) is 11.5. The van der Waals surface area contributed by atoms with E-state index in [1.165, 1.54) is 59.9 Å². The SMILES string of the molecule is CCC(CC)(Pc1ccc(C)cc1CN1CCCCC1)c1cc(C)ccc1OCOC. The van der Waals surface area contributed by atoms with Crippen LogP contribution in [0.3, 0.4) is 0 Å². The van der Waals surface area contributed by atoms with E-state index in [-0.39, 0.29) is 11.9 Å². The van der Waals surface area contributed by atoms with E-state index >= 15 is 0 Å². The number of aryl methyl sites for hydroxylation is 2. The first-order chi connectivity index (χ1) is 15.0. The smallest absolute Gasteiger partial charge is 0.188 e. The van der Waals surface area contributed by atoms with Crippen molar-refractivity contribution in [2.24, 2.45) is 0 Å². The Morgan fingerprint density at radius 1 is 0.935 bits per heavy atom. The number of nitrogens with zero attached hydrogens (tertiary/aromatic N) is 1. The van der Waals surface area contributed by atoms with Crippen molar-refractivity contribution < 1.29 is 9.47 Å². The maximum atomic E-state index is 6.03. The monoisotopic (exact) mass is 441 g/mol. The van der Waals surface area contributed by atoms with Crippen molar-refractivity contribution in [1.29, 1.82) is 0 Å². The summed E-state index contributed by atoms with van der Waals surface area (Å²) in [7, 11) is 2.39. The molecule has 31 heavy (non-hydrogen) atoms. The Bertz CT molecular complexity index is 841. The van der Waals surface area contributed by atoms with Gasteiger partial charge in [-0.3, -0.25) is 4.90 Å². The summed E-state index contributed by atoms with van der Waals surface area (Å²) in [5, 5.41) is 1.58. The van der Waals surface area contributed by atoms with Gasteiger partial charge in [0, 0.05) is 24.4 Å². The minimum Gasteiger partial charge on any atom is -0.467 e. The number of likely N-dealkylation sites (tertiary alicyclic amines) is 1. The molecule has 0 amide bonds. The van der Waals surface area contributed by atoms with Crippen LogP contribution in [-0.2, 0) is 16.4 Å². The minimum absolute atomic E-state index is 0.0704. The summed E-state index contributed by atoms with van der Waals surface area (Å²) in [6.07, 6.45) is 6.23. The highest BCUT2D eigenvalue weighted by Crippen LogP contribution is 2.50. The van der Waals surface area contributed by atoms with E-state index in [9.17, 15) is 0 Å². The first-order valence-electron chi connectivity index (χ1n) is 11.8. The average molecular weight is 442 g/mol. The zero-order chi connectivity index (χ0) is 22.3. The fourth-order valence-electron chi connectivity index (χ4n) is 4.73. The summed E-state index contributed by atoms with van der Waals surface area (Å²) in [4.78, 5) is 2.64. The quantitative estimate of drug-likeness (QED) is 0.319. The molecule has 3 nitrogen and oxygen atoms in total. The van der Waals surface area contributed by atoms with Crippen LogP contribution >= 0.6 is 8.58 Å². The largest absolute Gasteiger partial charge is 0.467 e. The molecule has 2 aromatic carbocycles. The highest BCUT2D eigenvalue weighted by molar-refractivity contribution is 7.48. The van der Waals surface area contributed by atoms with Crippen molar-refractivity contribution in [2.45, 2.75) is 71.5 Å². The van der Waals surface area contributed by atoms with Crippen LogP contribution in [0.5, 0.6) is 5.75 Å². The Morgan fingerprint density at radius 3 is 2.29 bits per heavy atom. The van der Waals surface area contributed by atoms with Gasteiger partial charge >= 0.3 is 0 Å². The van der Waals surface area contributed by atoms with Crippen LogP contribution < -0.4 is 10.0 Å². The molecule has 1 unspecified atom stereocenters. The van der Waals surface area contributed by atoms with Crippen molar-refractivity contribution in [3.63, 3.8) is 0 Å². The third-order valence-corrected chi connectivity index (χ3v) is 8.88. The first-order valence-corrected chi connectivity index (χ1v) is 12.8. The summed E-state index contributed by atoms with van der Waals surface area (Å²) >= 11 is 0. The van der Waals surface area contributed by atoms with Gasteiger partial charge in [-0.15, -0.1) is 0 Å². The number of ether oxygens (including phenoxy) is 2. The number of hydrogen-bond donors (Lipinski definition) is 0. The molecule has 1 atom stereocenters. The van der Waals surface area contributed by atoms with E-state index in [1.807, 2.05) is 0 Å². The molecule has 0 spiro atoms. The van der Waals surface area contributed by atoms with Crippen molar-refractivity contribution in [3.8, 4) is 5.75 Å². The second-order valence-corrected chi connectivity index (χ2v) is 10.7. The lowest BCUT2D eigenvalue weighted by atomic mass is 9.90. The van der Waals surface area contributed by atoms with Crippen LogP contribution in [0, 0.1) is 13.8 Å². The fourth-order valence-corrected chi connectivity index (χ4v) is 6.41. The van der Waals surface area contributed by atoms with Gasteiger partial charge in [0.05, 0.1) is 0 Å². The van der Waals surface area contributed by atoms with Crippen LogP contribution in [0.15, 0.2) is 36.4 Å². The number of hydrogen-bond acceptors (Lipinski definition) is 3. The second-order valence-electron chi connectivity index (χ2n) is 8.96. The van der Waals surface area contributed by atoms with Gasteiger partial charge < -0.3 is 9.47 Å². The van der Waals surface area contributed by atoms with Crippen molar-refractivity contribution in [1.82, 2.24) is 4.90 Å². The number of methoxy groups -OCH3 is 1. The summed E-state index contributed by atoms with van der Waals surface area (Å²) in [6.45, 7) is 12.9. The molecular weight excluding hydrogens is 401 g/mol. The molecular formula is C27H40NO2P. The van der Waals surface area contributed by atoms with E-state index in [1.54, 1.807) is 7.11 Å². The number of piperidine rings is 1. The van der Waals surface area contributed by atoms with Crippen LogP contribution in [0.4, 0.5) is 0 Å². The minimum atomic E-state index is 0.0704. The molecule has 2 aromatic rings. The van der Waals surface area contributed by atoms with Gasteiger partial charge in [-0.2, -0.15) is 0 Å². The van der Waals surface area contributed by atoms with Crippen molar-refractivity contribution in [2.75, 3.05) is 27.0 Å². The predicted molar refractivity (Wildman–Crippen MR) is 134 cm³/mol. The summed E-state index contributed by atoms with van der Waals surface area (Å²) in [5.74, 6) is 0.966. The summed E-state index contributed by atoms with van der Waals surface area (Å²) in [5.41, 5.74) is 5.49. The summed E-state index contributed by atoms with van der Waals surface area (Å²) in [6, 6.07) is 13.7. The van der Waals surface area contributed by atoms with Crippen LogP contribution in [0.25, 0.3) is 0 Å². The van der Waals surface area contributed by atoms with Crippen LogP contribution in [-0.4, -0.2) is 31.9 Å². The van der Waals surface area contributed by atoms with Gasteiger partial charge in [0.15, 0.2) is 6.79 Å². The molecule has 1 aliphatic rings. The predicted octanol–water partition coefficient (Wildman–Crippen LogP) is 6.29. The molecule has 0 saturated carbocycles. The Balaban J connectivity index is 1.97. The average Bonchev–Trinajstić information content (AvgIpc) is 2.79. The van der Waals surface area contributed by atoms with Gasteiger partial charge in [-0.05, 0) is 69.6 Å². The molecule has 1 fully saturated rings. The van der Waals surface area contributed by atoms with E-state index in [0.29, 0.717) is 8.58 Å². The zero-order valence-corrected chi connectivity index (χ0v) is 21.1. The normalized spacial score (nSPS) is 15.6. The fraction of sp³-hybridized carbons (Fsp3) is 0.556. The van der Waals surface area contributed by atoms with Gasteiger partial charge in [-0.25, -0.2) is 0 Å². The lowest BCUT2D eigenvalue weighted by Crippen LogP contribution is -2.31. The van der Waals surface area contributed by atoms with Crippen LogP contribution in [0.2, 0.25) is 0 Å². The standard InChI is InChI=1S/C27H40NO2P/c1-6-27(7-2,24-18-22(4)11-13-25(24)30-20-29-5)31-26-14-12-21(3)17-23(26)19-28-15-9-8-10-16-28/h11-14,17-18,31H,6-10,15-16,19-20H2,1-5H3. The molecule has 0 aliphatic carbocycles. The molecule has 3 rings (SSSR count). The Labute approximate surface area is 191 Å². The molecule has 0 N–H and O–H groups in total. The van der Waals surface area contributed by atoms with Crippen molar-refractivity contribution in [3.05, 3.63) is 58.7 Å². The molecule has 1 aliphatic heterocycles. The number of benzene rings is 2. The molecule has 1 heterocycles. The third-order valence-electron chi connectivity index (χ3n) is 6.67. The maximum Gasteiger partial charge on any atom is 0.188 e. The van der Waals surface area contributed by atoms with Crippen LogP contribution in [0.1, 0.15) is 68.2 Å². The molecule has 4 heteroatoms. The van der Waals surface area contributed by atoms with Gasteiger partial charge in [0.25, 0.3) is 0 Å². The van der Waals surface area contributed by atoms with E-state index < -0.39 is 0 Å². The van der Waals surface area contributed by atoms with E-state index in [2.05, 4.69) is 69.0 Å². The van der Waals surface area contributed by atoms with Gasteiger partial charge in [0.1, 0.15) is 5.75 Å². The third kappa shape index (κ3) is 6.09. The molecule has 170 valence electrons. The number of rotatable bonds is 10. The van der Waals surface area contributed by atoms with Gasteiger partial charge in [-0.1, -0.05) is 70.3 Å². The molecule has 1 saturated heterocycles. The molecule has 0 aromatic heterocycles. The Morgan fingerprint density at radius 2 is 1.61 bits per heavy atom. The molecule has 0 radical (unpaired) electrons. The highest BCUT2D eigenvalue weighted by Gasteiger charge is 2.33. The lowest BCUT2D eigenvalue weighted by molar-refractivity contribution is 0.0499. The molecule has 0 bridgehead atoms. The topological polar surface area (TPSA) is 21.7 Å². The maximum absolute atomic E-state index is 6.03. The highest BCUT2D eigenvalue weighted by atomic mass is 31.1. The Kier molecular flexibility index (Phi) is 8.95. The lowest BCUT2D eigenvalue weighted by Gasteiger charge is -2.35. The summed E-state index contributed by atoms with van der Waals surface area (Å²) < 4.78 is 11.3. The first kappa shape index (κ1) is 24.2. The van der Waals surface area contributed by atoms with Crippen molar-refractivity contribution >= 4 is 13.9 Å². The van der Waals surface area contributed by atoms with E-state index in [4.69, 9.17) is 9.47 Å². The van der Waals surface area contributed by atoms with Gasteiger partial charge in [0.2, 0.25) is 0 Å². The zero-order valence-electron chi connectivity index (χ0n) is 20.1. The van der Waals surface area contributed by atoms with E-state index in [0.717, 1.165) is 25.1 Å².